The summed E-state index contributed by atoms with van der Waals surface area (Å²) in [5, 5.41) is 0. The Bertz CT molecular complexity index is 412. The molecule has 20 heavy (non-hydrogen) atoms. The number of quaternary nitrogens is 1. The molecule has 0 radical (unpaired) electrons. The molecule has 2 N–H and O–H groups in total. The van der Waals surface area contributed by atoms with Gasteiger partial charge in [-0.05, 0) is 41.5 Å². The Balaban J connectivity index is 3.30. The summed E-state index contributed by atoms with van der Waals surface area (Å²) in [6, 6.07) is -0.561. The van der Waals surface area contributed by atoms with Crippen molar-refractivity contribution in [2.75, 3.05) is 6.54 Å². The second kappa shape index (κ2) is 5.30. The van der Waals surface area contributed by atoms with Gasteiger partial charge in [0.2, 0.25) is 0 Å². The van der Waals surface area contributed by atoms with Gasteiger partial charge in [-0.3, -0.25) is 4.79 Å². The maximum Gasteiger partial charge on any atom is 0.517 e. The minimum absolute atomic E-state index is 0.0600. The van der Waals surface area contributed by atoms with E-state index >= 15 is 0 Å². The van der Waals surface area contributed by atoms with Gasteiger partial charge >= 0.3 is 6.09 Å². The summed E-state index contributed by atoms with van der Waals surface area (Å²) in [4.78, 5) is 24.7. The topological polar surface area (TPSA) is 69.4 Å². The molecule has 3 atom stereocenters. The molecule has 1 unspecified atom stereocenters. The van der Waals surface area contributed by atoms with E-state index in [0.717, 1.165) is 0 Å². The number of amides is 2. The second-order valence-corrected chi connectivity index (χ2v) is 8.75. The van der Waals surface area contributed by atoms with E-state index in [-0.39, 0.29) is 15.4 Å². The summed E-state index contributed by atoms with van der Waals surface area (Å²) in [7, 11) is 0. The van der Waals surface area contributed by atoms with Crippen molar-refractivity contribution in [2.24, 2.45) is 5.73 Å². The lowest BCUT2D eigenvalue weighted by atomic mass is 9.99. The third-order valence-electron chi connectivity index (χ3n) is 3.74. The molecule has 0 aromatic heterocycles. The van der Waals surface area contributed by atoms with Crippen LogP contribution < -0.4 is 5.73 Å². The molecule has 1 heterocycles. The van der Waals surface area contributed by atoms with Crippen molar-refractivity contribution in [1.29, 1.82) is 0 Å². The van der Waals surface area contributed by atoms with Crippen molar-refractivity contribution in [3.05, 3.63) is 0 Å². The van der Waals surface area contributed by atoms with Crippen LogP contribution in [0.1, 0.15) is 48.0 Å². The molecule has 1 rings (SSSR count). The third kappa shape index (κ3) is 3.17. The monoisotopic (exact) mass is 349 g/mol. The fourth-order valence-corrected chi connectivity index (χ4v) is 3.64. The summed E-state index contributed by atoms with van der Waals surface area (Å²) in [5.74, 6) is -0.451. The Kier molecular flexibility index (Phi) is 4.62. The minimum Gasteiger partial charge on any atom is -0.414 e. The summed E-state index contributed by atoms with van der Waals surface area (Å²) >= 11 is 3.53. The Labute approximate surface area is 129 Å². The third-order valence-corrected chi connectivity index (χ3v) is 4.41. The van der Waals surface area contributed by atoms with Gasteiger partial charge in [0, 0.05) is 6.42 Å². The Morgan fingerprint density at radius 3 is 2.05 bits per heavy atom. The van der Waals surface area contributed by atoms with Crippen molar-refractivity contribution in [1.82, 2.24) is 0 Å². The number of halogens is 1. The van der Waals surface area contributed by atoms with Crippen LogP contribution in [0.15, 0.2) is 0 Å². The zero-order chi connectivity index (χ0) is 15.9. The number of nitrogens with zero attached hydrogens (tertiary/aromatic N) is 1. The molecule has 1 aliphatic rings. The van der Waals surface area contributed by atoms with Gasteiger partial charge in [-0.2, -0.15) is 4.79 Å². The van der Waals surface area contributed by atoms with Crippen LogP contribution in [0.4, 0.5) is 4.79 Å². The molecule has 1 fully saturated rings. The lowest BCUT2D eigenvalue weighted by Crippen LogP contribution is -2.69. The SMILES string of the molecule is CC(C)(C)OC(=O)[N+]1(C(C)(C)C)C[C@@H](Br)C[C@H]1C(N)=O. The highest BCUT2D eigenvalue weighted by Gasteiger charge is 2.62. The van der Waals surface area contributed by atoms with E-state index in [1.165, 1.54) is 0 Å². The van der Waals surface area contributed by atoms with Gasteiger partial charge in [0.15, 0.2) is 6.04 Å². The first-order valence-electron chi connectivity index (χ1n) is 6.86. The van der Waals surface area contributed by atoms with Crippen molar-refractivity contribution in [3.63, 3.8) is 0 Å². The number of likely N-dealkylation sites (tertiary alicyclic amines) is 1. The average Bonchev–Trinajstić information content (AvgIpc) is 2.53. The summed E-state index contributed by atoms with van der Waals surface area (Å²) in [5.41, 5.74) is 4.49. The number of hydrogen-bond acceptors (Lipinski definition) is 3. The average molecular weight is 350 g/mol. The van der Waals surface area contributed by atoms with E-state index in [2.05, 4.69) is 15.9 Å². The smallest absolute Gasteiger partial charge is 0.414 e. The number of alkyl halides is 1. The Hall–Kier alpha value is -0.620. The normalized spacial score (nSPS) is 31.1. The van der Waals surface area contributed by atoms with Gasteiger partial charge in [0.05, 0.1) is 4.83 Å². The van der Waals surface area contributed by atoms with Crippen LogP contribution in [0.5, 0.6) is 0 Å². The van der Waals surface area contributed by atoms with E-state index in [9.17, 15) is 9.59 Å². The molecule has 0 aliphatic carbocycles. The maximum atomic E-state index is 12.8. The van der Waals surface area contributed by atoms with Crippen LogP contribution in [0.2, 0.25) is 0 Å². The zero-order valence-electron chi connectivity index (χ0n) is 13.2. The predicted octanol–water partition coefficient (Wildman–Crippen LogP) is 2.56. The molecule has 0 aromatic rings. The number of nitrogens with two attached hydrogens (primary N) is 1. The largest absolute Gasteiger partial charge is 0.517 e. The quantitative estimate of drug-likeness (QED) is 0.584. The molecule has 5 nitrogen and oxygen atoms in total. The summed E-state index contributed by atoms with van der Waals surface area (Å²) < 4.78 is 5.52. The van der Waals surface area contributed by atoms with Gasteiger partial charge in [0.1, 0.15) is 17.7 Å². The highest BCUT2D eigenvalue weighted by molar-refractivity contribution is 9.09. The molecule has 6 heteroatoms. The molecule has 2 amide bonds. The maximum absolute atomic E-state index is 12.8. The van der Waals surface area contributed by atoms with Crippen LogP contribution in [0.3, 0.4) is 0 Å². The van der Waals surface area contributed by atoms with Gasteiger partial charge in [-0.1, -0.05) is 15.9 Å². The van der Waals surface area contributed by atoms with Crippen LogP contribution >= 0.6 is 15.9 Å². The molecule has 0 spiro atoms. The minimum atomic E-state index is -0.597. The number of hydrogen-bond donors (Lipinski definition) is 1. The fraction of sp³-hybridized carbons (Fsp3) is 0.857. The molecule has 0 saturated carbocycles. The van der Waals surface area contributed by atoms with Crippen LogP contribution in [0, 0.1) is 0 Å². The van der Waals surface area contributed by atoms with E-state index in [1.807, 2.05) is 41.5 Å². The van der Waals surface area contributed by atoms with Crippen LogP contribution in [-0.4, -0.2) is 45.0 Å². The lowest BCUT2D eigenvalue weighted by molar-refractivity contribution is -0.906. The number of primary amides is 1. The highest BCUT2D eigenvalue weighted by Crippen LogP contribution is 2.40. The zero-order valence-corrected chi connectivity index (χ0v) is 14.8. The van der Waals surface area contributed by atoms with Gasteiger partial charge in [-0.25, -0.2) is 4.48 Å². The molecule has 116 valence electrons. The van der Waals surface area contributed by atoms with Gasteiger partial charge < -0.3 is 10.5 Å². The second-order valence-electron chi connectivity index (χ2n) is 7.45. The standard InChI is InChI=1S/C14H25BrN2O3/c1-13(2,3)17(12(19)20-14(4,5)6)8-9(15)7-10(17)11(16)18/h9-10H,7-8H2,1-6H3,(H-,16,18)/p+1/t9-,10-,17?/m0/s1. The van der Waals surface area contributed by atoms with Crippen molar-refractivity contribution >= 4 is 27.9 Å². The van der Waals surface area contributed by atoms with Gasteiger partial charge in [-0.15, -0.1) is 0 Å². The van der Waals surface area contributed by atoms with Crippen molar-refractivity contribution < 1.29 is 18.8 Å². The first-order valence-corrected chi connectivity index (χ1v) is 7.77. The predicted molar refractivity (Wildman–Crippen MR) is 81.4 cm³/mol. The van der Waals surface area contributed by atoms with Crippen LogP contribution in [-0.2, 0) is 9.53 Å². The highest BCUT2D eigenvalue weighted by atomic mass is 79.9. The summed E-state index contributed by atoms with van der Waals surface area (Å²) in [6.45, 7) is 11.8. The van der Waals surface area contributed by atoms with E-state index in [0.29, 0.717) is 13.0 Å². The summed E-state index contributed by atoms with van der Waals surface area (Å²) in [6.07, 6.45) is 0.169. The lowest BCUT2D eigenvalue weighted by Gasteiger charge is -2.45. The van der Waals surface area contributed by atoms with E-state index in [4.69, 9.17) is 10.5 Å². The van der Waals surface area contributed by atoms with Crippen molar-refractivity contribution in [2.45, 2.75) is 70.0 Å². The molecular formula is C14H26BrN2O3+. The van der Waals surface area contributed by atoms with E-state index in [1.54, 1.807) is 0 Å². The van der Waals surface area contributed by atoms with Gasteiger partial charge in [0.25, 0.3) is 5.91 Å². The first-order chi connectivity index (χ1) is 8.81. The number of carbonyl (C=O) groups excluding carboxylic acids is 2. The molecule has 0 bridgehead atoms. The Morgan fingerprint density at radius 1 is 1.20 bits per heavy atom. The first kappa shape index (κ1) is 17.4. The molecule has 1 saturated heterocycles. The molecule has 0 aromatic carbocycles. The van der Waals surface area contributed by atoms with Crippen LogP contribution in [0.25, 0.3) is 0 Å². The number of ether oxygens (including phenoxy) is 1. The number of carbonyl (C=O) groups is 2. The van der Waals surface area contributed by atoms with Crippen molar-refractivity contribution in [3.8, 4) is 0 Å². The fourth-order valence-electron chi connectivity index (χ4n) is 2.83. The Morgan fingerprint density at radius 2 is 1.70 bits per heavy atom. The van der Waals surface area contributed by atoms with E-state index < -0.39 is 23.1 Å². The number of rotatable bonds is 1. The molecular weight excluding hydrogens is 324 g/mol. The molecule has 1 aliphatic heterocycles.